The SMILES string of the molecule is C[C@H]1CCN1c1nc2c(c(-c3ccc(C4(N)COC4)cc3)n1)CCC2. The van der Waals surface area contributed by atoms with Gasteiger partial charge in [0.2, 0.25) is 5.95 Å². The van der Waals surface area contributed by atoms with E-state index in [2.05, 4.69) is 36.1 Å². The summed E-state index contributed by atoms with van der Waals surface area (Å²) in [5.74, 6) is 0.904. The van der Waals surface area contributed by atoms with Gasteiger partial charge in [-0.25, -0.2) is 9.97 Å². The van der Waals surface area contributed by atoms with Crippen LogP contribution in [0.3, 0.4) is 0 Å². The third-order valence-corrected chi connectivity index (χ3v) is 5.95. The lowest BCUT2D eigenvalue weighted by atomic mass is 9.88. The van der Waals surface area contributed by atoms with E-state index < -0.39 is 0 Å². The average Bonchev–Trinajstić information content (AvgIpc) is 3.06. The quantitative estimate of drug-likeness (QED) is 0.932. The fraction of sp³-hybridized carbons (Fsp3) is 0.500. The van der Waals surface area contributed by atoms with E-state index in [1.807, 2.05) is 0 Å². The summed E-state index contributed by atoms with van der Waals surface area (Å²) < 4.78 is 5.29. The Morgan fingerprint density at radius 2 is 1.96 bits per heavy atom. The molecular formula is C20H24N4O. The lowest BCUT2D eigenvalue weighted by molar-refractivity contribution is -0.0569. The molecule has 3 aliphatic rings. The monoisotopic (exact) mass is 336 g/mol. The highest BCUT2D eigenvalue weighted by molar-refractivity contribution is 5.67. The van der Waals surface area contributed by atoms with E-state index in [1.165, 1.54) is 29.7 Å². The molecule has 2 fully saturated rings. The summed E-state index contributed by atoms with van der Waals surface area (Å²) in [7, 11) is 0. The van der Waals surface area contributed by atoms with Gasteiger partial charge < -0.3 is 15.4 Å². The van der Waals surface area contributed by atoms with E-state index in [0.717, 1.165) is 36.6 Å². The standard InChI is InChI=1S/C20H24N4O/c1-13-9-10-24(13)19-22-17-4-2-3-16(17)18(23-19)14-5-7-15(8-6-14)20(21)11-25-12-20/h5-8,13H,2-4,9-12,21H2,1H3/t13-/m0/s1. The van der Waals surface area contributed by atoms with Crippen LogP contribution < -0.4 is 10.6 Å². The largest absolute Gasteiger partial charge is 0.377 e. The van der Waals surface area contributed by atoms with Crippen LogP contribution in [0.5, 0.6) is 0 Å². The van der Waals surface area contributed by atoms with Gasteiger partial charge in [0.1, 0.15) is 0 Å². The Morgan fingerprint density at radius 1 is 1.16 bits per heavy atom. The molecule has 2 aliphatic heterocycles. The van der Waals surface area contributed by atoms with Crippen molar-refractivity contribution in [2.45, 2.75) is 44.2 Å². The fourth-order valence-corrected chi connectivity index (χ4v) is 4.05. The Balaban J connectivity index is 1.54. The summed E-state index contributed by atoms with van der Waals surface area (Å²) >= 11 is 0. The molecule has 2 saturated heterocycles. The smallest absolute Gasteiger partial charge is 0.226 e. The average molecular weight is 336 g/mol. The molecule has 0 spiro atoms. The zero-order valence-corrected chi connectivity index (χ0v) is 14.7. The Morgan fingerprint density at radius 3 is 2.56 bits per heavy atom. The molecule has 0 amide bonds. The molecular weight excluding hydrogens is 312 g/mol. The van der Waals surface area contributed by atoms with Crippen molar-refractivity contribution < 1.29 is 4.74 Å². The normalized spacial score (nSPS) is 23.8. The minimum absolute atomic E-state index is 0.315. The van der Waals surface area contributed by atoms with Crippen molar-refractivity contribution in [3.05, 3.63) is 41.1 Å². The highest BCUT2D eigenvalue weighted by Gasteiger charge is 2.36. The topological polar surface area (TPSA) is 64.3 Å². The van der Waals surface area contributed by atoms with Crippen molar-refractivity contribution in [2.24, 2.45) is 5.73 Å². The number of nitrogens with zero attached hydrogens (tertiary/aromatic N) is 3. The Hall–Kier alpha value is -1.98. The summed E-state index contributed by atoms with van der Waals surface area (Å²) in [6.07, 6.45) is 4.56. The molecule has 1 aliphatic carbocycles. The second-order valence-electron chi connectivity index (χ2n) is 7.71. The third kappa shape index (κ3) is 2.37. The number of benzene rings is 1. The van der Waals surface area contributed by atoms with Crippen LogP contribution in [0, 0.1) is 0 Å². The molecule has 0 bridgehead atoms. The number of anilines is 1. The van der Waals surface area contributed by atoms with Gasteiger partial charge in [0.25, 0.3) is 0 Å². The van der Waals surface area contributed by atoms with Gasteiger partial charge in [-0.05, 0) is 38.2 Å². The molecule has 130 valence electrons. The number of hydrogen-bond acceptors (Lipinski definition) is 5. The predicted molar refractivity (Wildman–Crippen MR) is 97.6 cm³/mol. The maximum Gasteiger partial charge on any atom is 0.226 e. The Bertz CT molecular complexity index is 813. The molecule has 5 heteroatoms. The zero-order valence-electron chi connectivity index (χ0n) is 14.7. The van der Waals surface area contributed by atoms with Gasteiger partial charge in [-0.15, -0.1) is 0 Å². The molecule has 2 aromatic rings. The number of ether oxygens (including phenoxy) is 1. The van der Waals surface area contributed by atoms with Crippen molar-refractivity contribution in [2.75, 3.05) is 24.7 Å². The Kier molecular flexibility index (Phi) is 3.37. The first-order chi connectivity index (χ1) is 12.1. The van der Waals surface area contributed by atoms with Crippen molar-refractivity contribution in [1.29, 1.82) is 0 Å². The van der Waals surface area contributed by atoms with Gasteiger partial charge in [-0.3, -0.25) is 0 Å². The first-order valence-corrected chi connectivity index (χ1v) is 9.28. The van der Waals surface area contributed by atoms with E-state index in [0.29, 0.717) is 19.3 Å². The van der Waals surface area contributed by atoms with Crippen LogP contribution in [0.15, 0.2) is 24.3 Å². The summed E-state index contributed by atoms with van der Waals surface area (Å²) in [6.45, 7) is 4.52. The number of rotatable bonds is 3. The second-order valence-corrected chi connectivity index (χ2v) is 7.71. The lowest BCUT2D eigenvalue weighted by Gasteiger charge is -2.39. The van der Waals surface area contributed by atoms with Crippen molar-refractivity contribution in [1.82, 2.24) is 9.97 Å². The summed E-state index contributed by atoms with van der Waals surface area (Å²) in [6, 6.07) is 9.13. The van der Waals surface area contributed by atoms with Gasteiger partial charge in [0.05, 0.1) is 24.4 Å². The van der Waals surface area contributed by atoms with Gasteiger partial charge >= 0.3 is 0 Å². The van der Waals surface area contributed by atoms with Crippen LogP contribution in [0.4, 0.5) is 5.95 Å². The van der Waals surface area contributed by atoms with Crippen LogP contribution in [0.25, 0.3) is 11.3 Å². The predicted octanol–water partition coefficient (Wildman–Crippen LogP) is 2.42. The highest BCUT2D eigenvalue weighted by atomic mass is 16.5. The van der Waals surface area contributed by atoms with Crippen molar-refractivity contribution in [3.63, 3.8) is 0 Å². The molecule has 1 atom stereocenters. The lowest BCUT2D eigenvalue weighted by Crippen LogP contribution is -2.54. The Labute approximate surface area is 148 Å². The minimum atomic E-state index is -0.315. The maximum atomic E-state index is 6.35. The first kappa shape index (κ1) is 15.3. The van der Waals surface area contributed by atoms with Crippen LogP contribution in [0.2, 0.25) is 0 Å². The fourth-order valence-electron chi connectivity index (χ4n) is 4.05. The molecule has 1 aromatic carbocycles. The van der Waals surface area contributed by atoms with Gasteiger partial charge in [0.15, 0.2) is 0 Å². The summed E-state index contributed by atoms with van der Waals surface area (Å²) in [5, 5.41) is 0. The van der Waals surface area contributed by atoms with E-state index in [4.69, 9.17) is 20.4 Å². The number of nitrogens with two attached hydrogens (primary N) is 1. The van der Waals surface area contributed by atoms with E-state index in [1.54, 1.807) is 0 Å². The van der Waals surface area contributed by atoms with Crippen LogP contribution in [-0.2, 0) is 23.1 Å². The minimum Gasteiger partial charge on any atom is -0.377 e. The maximum absolute atomic E-state index is 6.35. The van der Waals surface area contributed by atoms with Crippen LogP contribution in [0.1, 0.15) is 36.6 Å². The third-order valence-electron chi connectivity index (χ3n) is 5.95. The number of aromatic nitrogens is 2. The van der Waals surface area contributed by atoms with Gasteiger partial charge in [-0.1, -0.05) is 24.3 Å². The molecule has 5 rings (SSSR count). The summed E-state index contributed by atoms with van der Waals surface area (Å²) in [4.78, 5) is 12.2. The van der Waals surface area contributed by atoms with Gasteiger partial charge in [-0.2, -0.15) is 0 Å². The molecule has 2 N–H and O–H groups in total. The van der Waals surface area contributed by atoms with Crippen LogP contribution in [-0.4, -0.2) is 35.8 Å². The molecule has 3 heterocycles. The highest BCUT2D eigenvalue weighted by Crippen LogP contribution is 2.35. The first-order valence-electron chi connectivity index (χ1n) is 9.28. The molecule has 1 aromatic heterocycles. The molecule has 5 nitrogen and oxygen atoms in total. The van der Waals surface area contributed by atoms with E-state index >= 15 is 0 Å². The van der Waals surface area contributed by atoms with Crippen molar-refractivity contribution in [3.8, 4) is 11.3 Å². The molecule has 0 radical (unpaired) electrons. The second kappa shape index (κ2) is 5.51. The van der Waals surface area contributed by atoms with Crippen LogP contribution >= 0.6 is 0 Å². The number of hydrogen-bond donors (Lipinski definition) is 1. The number of fused-ring (bicyclic) bond motifs is 1. The molecule has 0 unspecified atom stereocenters. The molecule has 25 heavy (non-hydrogen) atoms. The van der Waals surface area contributed by atoms with E-state index in [9.17, 15) is 0 Å². The zero-order chi connectivity index (χ0) is 17.0. The van der Waals surface area contributed by atoms with Gasteiger partial charge in [0, 0.05) is 29.4 Å². The molecule has 0 saturated carbocycles. The number of aryl methyl sites for hydroxylation is 1. The van der Waals surface area contributed by atoms with Crippen molar-refractivity contribution >= 4 is 5.95 Å². The summed E-state index contributed by atoms with van der Waals surface area (Å²) in [5.41, 5.74) is 12.0. The van der Waals surface area contributed by atoms with E-state index in [-0.39, 0.29) is 5.54 Å².